The van der Waals surface area contributed by atoms with Gasteiger partial charge in [0.25, 0.3) is 0 Å². The third-order valence-electron chi connectivity index (χ3n) is 1.63. The molecule has 2 nitrogen and oxygen atoms in total. The molecule has 4 heteroatoms. The van der Waals surface area contributed by atoms with Gasteiger partial charge in [-0.15, -0.1) is 0 Å². The van der Waals surface area contributed by atoms with Crippen LogP contribution in [0.3, 0.4) is 0 Å². The molecule has 1 aromatic carbocycles. The average molecular weight is 258 g/mol. The van der Waals surface area contributed by atoms with E-state index in [4.69, 9.17) is 5.26 Å². The van der Waals surface area contributed by atoms with Gasteiger partial charge in [0.1, 0.15) is 6.07 Å². The zero-order chi connectivity index (χ0) is 9.84. The van der Waals surface area contributed by atoms with Crippen LogP contribution in [0, 0.1) is 11.3 Å². The van der Waals surface area contributed by atoms with E-state index in [1.54, 1.807) is 18.4 Å². The van der Waals surface area contributed by atoms with Gasteiger partial charge in [-0.1, -0.05) is 22.0 Å². The van der Waals surface area contributed by atoms with Crippen LogP contribution < -0.4 is 0 Å². The van der Waals surface area contributed by atoms with E-state index in [1.165, 1.54) is 0 Å². The Bertz CT molecular complexity index is 384. The minimum atomic E-state index is -1.09. The van der Waals surface area contributed by atoms with Gasteiger partial charge in [-0.05, 0) is 17.7 Å². The molecule has 1 unspecified atom stereocenters. The molecule has 0 aliphatic rings. The van der Waals surface area contributed by atoms with Crippen molar-refractivity contribution in [2.45, 2.75) is 10.2 Å². The maximum absolute atomic E-state index is 11.2. The summed E-state index contributed by atoms with van der Waals surface area (Å²) in [5, 5.41) is 9.49. The molecule has 0 fully saturated rings. The average Bonchev–Trinajstić information content (AvgIpc) is 2.16. The van der Waals surface area contributed by atoms with E-state index < -0.39 is 10.8 Å². The van der Waals surface area contributed by atoms with E-state index in [9.17, 15) is 4.21 Å². The van der Waals surface area contributed by atoms with E-state index in [1.807, 2.05) is 12.1 Å². The van der Waals surface area contributed by atoms with Crippen LogP contribution in [0.2, 0.25) is 0 Å². The van der Waals surface area contributed by atoms with Gasteiger partial charge >= 0.3 is 0 Å². The van der Waals surface area contributed by atoms with Crippen LogP contribution in [0.1, 0.15) is 11.1 Å². The number of alkyl halides is 1. The van der Waals surface area contributed by atoms with Crippen LogP contribution in [-0.4, -0.2) is 10.5 Å². The molecule has 13 heavy (non-hydrogen) atoms. The lowest BCUT2D eigenvalue weighted by molar-refractivity contribution is 0.686. The minimum Gasteiger partial charge on any atom is -0.255 e. The molecule has 0 spiro atoms. The zero-order valence-corrected chi connectivity index (χ0v) is 9.48. The Morgan fingerprint density at radius 2 is 2.31 bits per heavy atom. The van der Waals surface area contributed by atoms with Gasteiger partial charge in [-0.25, -0.2) is 0 Å². The fraction of sp³-hybridized carbons (Fsp3) is 0.222. The molecule has 1 atom stereocenters. The maximum Gasteiger partial charge on any atom is 0.100 e. The van der Waals surface area contributed by atoms with Crippen LogP contribution in [0.4, 0.5) is 0 Å². The summed E-state index contributed by atoms with van der Waals surface area (Å²) < 4.78 is 11.2. The summed E-state index contributed by atoms with van der Waals surface area (Å²) in [5.74, 6) is 0. The molecule has 0 aromatic heterocycles. The largest absolute Gasteiger partial charge is 0.255 e. The molecule has 0 saturated heterocycles. The van der Waals surface area contributed by atoms with E-state index in [2.05, 4.69) is 15.9 Å². The van der Waals surface area contributed by atoms with E-state index >= 15 is 0 Å². The summed E-state index contributed by atoms with van der Waals surface area (Å²) >= 11 is 3.30. The molecule has 0 heterocycles. The number of hydrogen-bond acceptors (Lipinski definition) is 2. The SMILES string of the molecule is CS(=O)c1ccc(CBr)cc1C#N. The molecule has 0 radical (unpaired) electrons. The highest BCUT2D eigenvalue weighted by atomic mass is 79.9. The lowest BCUT2D eigenvalue weighted by atomic mass is 10.1. The Hall–Kier alpha value is -0.660. The highest BCUT2D eigenvalue weighted by Crippen LogP contribution is 2.16. The van der Waals surface area contributed by atoms with Crippen molar-refractivity contribution in [1.82, 2.24) is 0 Å². The van der Waals surface area contributed by atoms with Gasteiger partial charge in [-0.2, -0.15) is 5.26 Å². The summed E-state index contributed by atoms with van der Waals surface area (Å²) in [6, 6.07) is 7.40. The predicted molar refractivity (Wildman–Crippen MR) is 56.1 cm³/mol. The normalized spacial score (nSPS) is 12.1. The van der Waals surface area contributed by atoms with Gasteiger partial charge in [0.05, 0.1) is 21.3 Å². The van der Waals surface area contributed by atoms with Crippen molar-refractivity contribution < 1.29 is 4.21 Å². The summed E-state index contributed by atoms with van der Waals surface area (Å²) in [6.07, 6.45) is 1.57. The second-order valence-electron chi connectivity index (χ2n) is 2.53. The minimum absolute atomic E-state index is 0.498. The number of nitrogens with zero attached hydrogens (tertiary/aromatic N) is 1. The molecule has 1 rings (SSSR count). The second-order valence-corrected chi connectivity index (χ2v) is 4.44. The molecule has 1 aromatic rings. The number of benzene rings is 1. The van der Waals surface area contributed by atoms with Crippen molar-refractivity contribution in [3.05, 3.63) is 29.3 Å². The van der Waals surface area contributed by atoms with Crippen LogP contribution in [0.25, 0.3) is 0 Å². The van der Waals surface area contributed by atoms with Crippen molar-refractivity contribution >= 4 is 26.7 Å². The number of nitriles is 1. The fourth-order valence-corrected chi connectivity index (χ4v) is 2.02. The first-order chi connectivity index (χ1) is 6.19. The van der Waals surface area contributed by atoms with Crippen molar-refractivity contribution in [2.24, 2.45) is 0 Å². The Morgan fingerprint density at radius 1 is 1.62 bits per heavy atom. The Balaban J connectivity index is 3.26. The molecule has 68 valence electrons. The highest BCUT2D eigenvalue weighted by Gasteiger charge is 2.05. The first kappa shape index (κ1) is 10.4. The van der Waals surface area contributed by atoms with Gasteiger partial charge in [0.15, 0.2) is 0 Å². The summed E-state index contributed by atoms with van der Waals surface area (Å²) in [7, 11) is -1.09. The van der Waals surface area contributed by atoms with Crippen molar-refractivity contribution in [3.8, 4) is 6.07 Å². The van der Waals surface area contributed by atoms with E-state index in [0.717, 1.165) is 5.56 Å². The lowest BCUT2D eigenvalue weighted by Gasteiger charge is -2.01. The first-order valence-corrected chi connectivity index (χ1v) is 6.29. The Kier molecular flexibility index (Phi) is 3.64. The molecule has 0 aliphatic carbocycles. The summed E-state index contributed by atoms with van der Waals surface area (Å²) in [4.78, 5) is 0.604. The van der Waals surface area contributed by atoms with Gasteiger partial charge in [0, 0.05) is 11.6 Å². The van der Waals surface area contributed by atoms with Crippen molar-refractivity contribution in [2.75, 3.05) is 6.26 Å². The number of hydrogen-bond donors (Lipinski definition) is 0. The standard InChI is InChI=1S/C9H8BrNOS/c1-13(12)9-3-2-7(5-10)4-8(9)6-11/h2-4H,5H2,1H3. The summed E-state index contributed by atoms with van der Waals surface area (Å²) in [5.41, 5.74) is 1.52. The third-order valence-corrected chi connectivity index (χ3v) is 3.25. The van der Waals surface area contributed by atoms with Crippen LogP contribution in [0.5, 0.6) is 0 Å². The molecule has 0 amide bonds. The molecular formula is C9H8BrNOS. The second kappa shape index (κ2) is 4.54. The number of halogens is 1. The molecule has 0 aliphatic heterocycles. The Morgan fingerprint density at radius 3 is 2.77 bits per heavy atom. The fourth-order valence-electron chi connectivity index (χ4n) is 0.998. The molecule has 0 N–H and O–H groups in total. The monoisotopic (exact) mass is 257 g/mol. The van der Waals surface area contributed by atoms with Crippen molar-refractivity contribution in [1.29, 1.82) is 5.26 Å². The lowest BCUT2D eigenvalue weighted by Crippen LogP contribution is -1.93. The molecule has 0 bridgehead atoms. The van der Waals surface area contributed by atoms with Crippen molar-refractivity contribution in [3.63, 3.8) is 0 Å². The van der Waals surface area contributed by atoms with E-state index in [-0.39, 0.29) is 0 Å². The quantitative estimate of drug-likeness (QED) is 0.763. The maximum atomic E-state index is 11.2. The summed E-state index contributed by atoms with van der Waals surface area (Å²) in [6.45, 7) is 0. The third kappa shape index (κ3) is 2.39. The smallest absolute Gasteiger partial charge is 0.100 e. The molecule has 0 saturated carbocycles. The zero-order valence-electron chi connectivity index (χ0n) is 7.08. The molecular weight excluding hydrogens is 250 g/mol. The van der Waals surface area contributed by atoms with E-state index in [0.29, 0.717) is 15.8 Å². The van der Waals surface area contributed by atoms with Gasteiger partial charge < -0.3 is 0 Å². The highest BCUT2D eigenvalue weighted by molar-refractivity contribution is 9.08. The number of rotatable bonds is 2. The topological polar surface area (TPSA) is 40.9 Å². The first-order valence-electron chi connectivity index (χ1n) is 3.61. The van der Waals surface area contributed by atoms with Gasteiger partial charge in [-0.3, -0.25) is 4.21 Å². The Labute approximate surface area is 88.2 Å². The van der Waals surface area contributed by atoms with Crippen LogP contribution in [-0.2, 0) is 16.1 Å². The van der Waals surface area contributed by atoms with Gasteiger partial charge in [0.2, 0.25) is 0 Å². The van der Waals surface area contributed by atoms with Crippen LogP contribution >= 0.6 is 15.9 Å². The van der Waals surface area contributed by atoms with Crippen LogP contribution in [0.15, 0.2) is 23.1 Å². The predicted octanol–water partition coefficient (Wildman–Crippen LogP) is 2.19.